The van der Waals surface area contributed by atoms with E-state index in [1.807, 2.05) is 0 Å². The Morgan fingerprint density at radius 1 is 1.33 bits per heavy atom. The van der Waals surface area contributed by atoms with Crippen LogP contribution >= 0.6 is 0 Å². The Bertz CT molecular complexity index is 516. The van der Waals surface area contributed by atoms with Crippen LogP contribution in [0.2, 0.25) is 0 Å². The Balaban J connectivity index is 1.81. The molecule has 2 unspecified atom stereocenters. The molecule has 0 bridgehead atoms. The predicted octanol–water partition coefficient (Wildman–Crippen LogP) is 3.32. The highest BCUT2D eigenvalue weighted by atomic mass is 19.1. The van der Waals surface area contributed by atoms with Crippen molar-refractivity contribution in [3.05, 3.63) is 35.4 Å². The molecule has 1 aliphatic carbocycles. The van der Waals surface area contributed by atoms with E-state index < -0.39 is 11.6 Å². The first-order chi connectivity index (χ1) is 10.0. The van der Waals surface area contributed by atoms with Crippen LogP contribution in [0.5, 0.6) is 0 Å². The third kappa shape index (κ3) is 2.97. The number of nitrogens with one attached hydrogen (secondary N) is 1. The maximum Gasteiger partial charge on any atom is 0.130 e. The molecule has 1 aromatic carbocycles. The standard InChI is InChI=1S/C17H24F2N2/c1-3-15-10-21(17(2,11-20-15)13-5-6-13)9-12-4-7-14(18)8-16(12)19/h4,7-8,13,15,20H,3,5-6,9-11H2,1-2H3. The van der Waals surface area contributed by atoms with Crippen LogP contribution in [0.3, 0.4) is 0 Å². The van der Waals surface area contributed by atoms with Crippen molar-refractivity contribution in [2.75, 3.05) is 13.1 Å². The zero-order valence-corrected chi connectivity index (χ0v) is 12.8. The number of hydrogen-bond acceptors (Lipinski definition) is 2. The largest absolute Gasteiger partial charge is 0.311 e. The molecule has 2 nitrogen and oxygen atoms in total. The summed E-state index contributed by atoms with van der Waals surface area (Å²) in [7, 11) is 0. The molecule has 4 heteroatoms. The maximum absolute atomic E-state index is 14.0. The Morgan fingerprint density at radius 2 is 2.10 bits per heavy atom. The van der Waals surface area contributed by atoms with Crippen molar-refractivity contribution in [1.29, 1.82) is 0 Å². The van der Waals surface area contributed by atoms with Gasteiger partial charge in [0.25, 0.3) is 0 Å². The van der Waals surface area contributed by atoms with Gasteiger partial charge in [0.2, 0.25) is 0 Å². The molecule has 0 radical (unpaired) electrons. The third-order valence-electron chi connectivity index (χ3n) is 5.24. The quantitative estimate of drug-likeness (QED) is 0.916. The molecule has 1 saturated carbocycles. The monoisotopic (exact) mass is 294 g/mol. The molecule has 2 aliphatic rings. The van der Waals surface area contributed by atoms with Crippen LogP contribution in [0.1, 0.15) is 38.7 Å². The topological polar surface area (TPSA) is 15.3 Å². The smallest absolute Gasteiger partial charge is 0.130 e. The Morgan fingerprint density at radius 3 is 2.71 bits per heavy atom. The molecule has 1 aliphatic heterocycles. The molecule has 3 rings (SSSR count). The minimum absolute atomic E-state index is 0.0898. The van der Waals surface area contributed by atoms with Crippen molar-refractivity contribution in [1.82, 2.24) is 10.2 Å². The number of benzene rings is 1. The number of hydrogen-bond donors (Lipinski definition) is 1. The van der Waals surface area contributed by atoms with E-state index in [2.05, 4.69) is 24.1 Å². The normalized spacial score (nSPS) is 30.6. The summed E-state index contributed by atoms with van der Waals surface area (Å²) in [4.78, 5) is 2.41. The lowest BCUT2D eigenvalue weighted by Crippen LogP contribution is -2.63. The minimum Gasteiger partial charge on any atom is -0.311 e. The van der Waals surface area contributed by atoms with Crippen molar-refractivity contribution in [2.24, 2.45) is 5.92 Å². The summed E-state index contributed by atoms with van der Waals surface area (Å²) in [6, 6.07) is 4.39. The van der Waals surface area contributed by atoms with Gasteiger partial charge in [0.15, 0.2) is 0 Å². The second-order valence-electron chi connectivity index (χ2n) is 6.73. The fraction of sp³-hybridized carbons (Fsp3) is 0.647. The minimum atomic E-state index is -0.507. The Hall–Kier alpha value is -1.00. The van der Waals surface area contributed by atoms with Crippen LogP contribution in [0.25, 0.3) is 0 Å². The average Bonchev–Trinajstić information content (AvgIpc) is 3.29. The van der Waals surface area contributed by atoms with Crippen LogP contribution in [-0.4, -0.2) is 29.6 Å². The van der Waals surface area contributed by atoms with E-state index in [0.29, 0.717) is 24.1 Å². The first-order valence-electron chi connectivity index (χ1n) is 7.95. The van der Waals surface area contributed by atoms with Gasteiger partial charge in [-0.15, -0.1) is 0 Å². The van der Waals surface area contributed by atoms with E-state index in [1.54, 1.807) is 6.07 Å². The van der Waals surface area contributed by atoms with Crippen molar-refractivity contribution in [3.8, 4) is 0 Å². The van der Waals surface area contributed by atoms with Crippen LogP contribution < -0.4 is 5.32 Å². The van der Waals surface area contributed by atoms with Crippen LogP contribution in [0.15, 0.2) is 18.2 Å². The molecule has 1 heterocycles. The third-order valence-corrected chi connectivity index (χ3v) is 5.24. The van der Waals surface area contributed by atoms with E-state index >= 15 is 0 Å². The SMILES string of the molecule is CCC1CN(Cc2ccc(F)cc2F)C(C)(C2CC2)CN1. The van der Waals surface area contributed by atoms with E-state index in [0.717, 1.165) is 25.6 Å². The number of piperazine rings is 1. The number of nitrogens with zero attached hydrogens (tertiary/aromatic N) is 1. The van der Waals surface area contributed by atoms with Gasteiger partial charge in [-0.3, -0.25) is 4.90 Å². The molecule has 1 saturated heterocycles. The number of rotatable bonds is 4. The summed E-state index contributed by atoms with van der Waals surface area (Å²) < 4.78 is 27.0. The molecular weight excluding hydrogens is 270 g/mol. The molecule has 2 fully saturated rings. The van der Waals surface area contributed by atoms with E-state index in [-0.39, 0.29) is 5.54 Å². The highest BCUT2D eigenvalue weighted by molar-refractivity contribution is 5.19. The summed E-state index contributed by atoms with van der Waals surface area (Å²) in [5, 5.41) is 3.62. The van der Waals surface area contributed by atoms with Crippen molar-refractivity contribution in [3.63, 3.8) is 0 Å². The fourth-order valence-electron chi connectivity index (χ4n) is 3.48. The first kappa shape index (κ1) is 14.9. The summed E-state index contributed by atoms with van der Waals surface area (Å²) in [5.41, 5.74) is 0.687. The van der Waals surface area contributed by atoms with E-state index in [4.69, 9.17) is 0 Å². The summed E-state index contributed by atoms with van der Waals surface area (Å²) in [6.07, 6.45) is 3.60. The lowest BCUT2D eigenvalue weighted by atomic mass is 9.88. The number of halogens is 2. The zero-order chi connectivity index (χ0) is 15.0. The Kier molecular flexibility index (Phi) is 4.02. The zero-order valence-electron chi connectivity index (χ0n) is 12.8. The summed E-state index contributed by atoms with van der Waals surface area (Å²) in [5.74, 6) is -0.237. The first-order valence-corrected chi connectivity index (χ1v) is 7.95. The molecule has 21 heavy (non-hydrogen) atoms. The lowest BCUT2D eigenvalue weighted by molar-refractivity contribution is 0.0262. The van der Waals surface area contributed by atoms with Crippen LogP contribution in [0, 0.1) is 17.6 Å². The van der Waals surface area contributed by atoms with Gasteiger partial charge in [-0.25, -0.2) is 8.78 Å². The van der Waals surface area contributed by atoms with Crippen molar-refractivity contribution in [2.45, 2.75) is 51.2 Å². The fourth-order valence-corrected chi connectivity index (χ4v) is 3.48. The molecule has 1 N–H and O–H groups in total. The van der Waals surface area contributed by atoms with Gasteiger partial charge in [-0.05, 0) is 38.2 Å². The second-order valence-corrected chi connectivity index (χ2v) is 6.73. The highest BCUT2D eigenvalue weighted by Crippen LogP contribution is 2.44. The van der Waals surface area contributed by atoms with Crippen LogP contribution in [0.4, 0.5) is 8.78 Å². The Labute approximate surface area is 125 Å². The van der Waals surface area contributed by atoms with E-state index in [1.165, 1.54) is 18.9 Å². The summed E-state index contributed by atoms with van der Waals surface area (Å²) in [6.45, 7) is 6.91. The molecular formula is C17H24F2N2. The van der Waals surface area contributed by atoms with Gasteiger partial charge in [0, 0.05) is 42.8 Å². The van der Waals surface area contributed by atoms with E-state index in [9.17, 15) is 8.78 Å². The second kappa shape index (κ2) is 5.65. The van der Waals surface area contributed by atoms with Gasteiger partial charge in [-0.2, -0.15) is 0 Å². The van der Waals surface area contributed by atoms with Gasteiger partial charge in [0.05, 0.1) is 0 Å². The van der Waals surface area contributed by atoms with Crippen molar-refractivity contribution >= 4 is 0 Å². The average molecular weight is 294 g/mol. The maximum atomic E-state index is 14.0. The van der Waals surface area contributed by atoms with Gasteiger partial charge >= 0.3 is 0 Å². The molecule has 116 valence electrons. The highest BCUT2D eigenvalue weighted by Gasteiger charge is 2.48. The van der Waals surface area contributed by atoms with Crippen LogP contribution in [-0.2, 0) is 6.54 Å². The van der Waals surface area contributed by atoms with Gasteiger partial charge in [0.1, 0.15) is 11.6 Å². The molecule has 0 aromatic heterocycles. The molecule has 1 aromatic rings. The molecule has 0 spiro atoms. The molecule has 2 atom stereocenters. The lowest BCUT2D eigenvalue weighted by Gasteiger charge is -2.48. The summed E-state index contributed by atoms with van der Waals surface area (Å²) >= 11 is 0. The van der Waals surface area contributed by atoms with Crippen molar-refractivity contribution < 1.29 is 8.78 Å². The van der Waals surface area contributed by atoms with Gasteiger partial charge in [-0.1, -0.05) is 13.0 Å². The van der Waals surface area contributed by atoms with Gasteiger partial charge < -0.3 is 5.32 Å². The predicted molar refractivity (Wildman–Crippen MR) is 80.0 cm³/mol. The molecule has 0 amide bonds.